The number of aryl methyl sites for hydroxylation is 2. The van der Waals surface area contributed by atoms with Gasteiger partial charge in [0.25, 0.3) is 5.56 Å². The molecule has 1 aromatic heterocycles. The molecule has 4 aromatic rings. The average Bonchev–Trinajstić information content (AvgIpc) is 2.67. The summed E-state index contributed by atoms with van der Waals surface area (Å²) in [6.07, 6.45) is 0. The van der Waals surface area contributed by atoms with E-state index in [1.54, 1.807) is 16.3 Å². The molecule has 5 heteroatoms. The molecule has 0 saturated carbocycles. The highest BCUT2D eigenvalue weighted by molar-refractivity contribution is 7.98. The Morgan fingerprint density at radius 3 is 2.36 bits per heavy atom. The summed E-state index contributed by atoms with van der Waals surface area (Å²) in [6, 6.07) is 21.4. The van der Waals surface area contributed by atoms with Crippen LogP contribution in [0, 0.1) is 13.8 Å². The second-order valence-corrected chi connectivity index (χ2v) is 8.19. The van der Waals surface area contributed by atoms with Crippen LogP contribution in [0.5, 0.6) is 0 Å². The molecule has 0 saturated heterocycles. The van der Waals surface area contributed by atoms with E-state index in [1.165, 1.54) is 0 Å². The Balaban J connectivity index is 1.85. The third-order valence-corrected chi connectivity index (χ3v) is 5.75. The maximum absolute atomic E-state index is 13.3. The number of benzene rings is 3. The molecule has 0 amide bonds. The van der Waals surface area contributed by atoms with Gasteiger partial charge in [0, 0.05) is 10.8 Å². The summed E-state index contributed by atoms with van der Waals surface area (Å²) < 4.78 is 1.73. The Labute approximate surface area is 173 Å². The van der Waals surface area contributed by atoms with E-state index in [0.29, 0.717) is 26.8 Å². The van der Waals surface area contributed by atoms with E-state index in [1.807, 2.05) is 74.5 Å². The third-order valence-electron chi connectivity index (χ3n) is 4.49. The summed E-state index contributed by atoms with van der Waals surface area (Å²) in [4.78, 5) is 18.1. The van der Waals surface area contributed by atoms with Crippen LogP contribution in [0.3, 0.4) is 0 Å². The average molecular weight is 407 g/mol. The number of halogens is 1. The maximum atomic E-state index is 13.3. The van der Waals surface area contributed by atoms with Crippen molar-refractivity contribution in [1.82, 2.24) is 9.55 Å². The molecule has 0 spiro atoms. The van der Waals surface area contributed by atoms with Crippen molar-refractivity contribution in [1.29, 1.82) is 0 Å². The number of hydrogen-bond acceptors (Lipinski definition) is 3. The van der Waals surface area contributed by atoms with E-state index in [0.717, 1.165) is 22.4 Å². The summed E-state index contributed by atoms with van der Waals surface area (Å²) in [5.41, 5.74) is 4.87. The molecule has 0 bridgehead atoms. The first-order chi connectivity index (χ1) is 13.5. The van der Waals surface area contributed by atoms with Gasteiger partial charge >= 0.3 is 0 Å². The fourth-order valence-electron chi connectivity index (χ4n) is 3.25. The quantitative estimate of drug-likeness (QED) is 0.310. The van der Waals surface area contributed by atoms with Crippen LogP contribution in [-0.2, 0) is 5.75 Å². The third kappa shape index (κ3) is 3.84. The van der Waals surface area contributed by atoms with Crippen molar-refractivity contribution in [3.8, 4) is 5.69 Å². The number of thioether (sulfide) groups is 1. The van der Waals surface area contributed by atoms with Crippen LogP contribution in [0.25, 0.3) is 16.6 Å². The number of para-hydroxylation sites is 1. The van der Waals surface area contributed by atoms with E-state index < -0.39 is 0 Å². The predicted molar refractivity (Wildman–Crippen MR) is 118 cm³/mol. The number of rotatable bonds is 4. The second kappa shape index (κ2) is 7.82. The Kier molecular flexibility index (Phi) is 5.25. The van der Waals surface area contributed by atoms with Crippen molar-refractivity contribution >= 4 is 34.3 Å². The Morgan fingerprint density at radius 2 is 1.64 bits per heavy atom. The minimum absolute atomic E-state index is 0.0470. The van der Waals surface area contributed by atoms with Gasteiger partial charge in [-0.25, -0.2) is 4.98 Å². The standard InChI is InChI=1S/C23H19ClN2OS/c1-15-11-16(2)13-19(12-15)26-22(27)20-5-3-4-6-21(20)25-23(26)28-14-17-7-9-18(24)10-8-17/h3-13H,14H2,1-2H3. The first-order valence-corrected chi connectivity index (χ1v) is 10.4. The molecule has 0 aliphatic heterocycles. The molecule has 0 fully saturated rings. The number of aromatic nitrogens is 2. The Hall–Kier alpha value is -2.56. The van der Waals surface area contributed by atoms with E-state index in [9.17, 15) is 4.79 Å². The van der Waals surface area contributed by atoms with Gasteiger partial charge in [0.1, 0.15) is 0 Å². The van der Waals surface area contributed by atoms with Gasteiger partial charge in [0.05, 0.1) is 16.6 Å². The largest absolute Gasteiger partial charge is 0.268 e. The number of fused-ring (bicyclic) bond motifs is 1. The fourth-order valence-corrected chi connectivity index (χ4v) is 4.34. The van der Waals surface area contributed by atoms with Crippen LogP contribution < -0.4 is 5.56 Å². The molecule has 3 aromatic carbocycles. The molecule has 4 rings (SSSR count). The molecule has 28 heavy (non-hydrogen) atoms. The zero-order valence-electron chi connectivity index (χ0n) is 15.6. The number of hydrogen-bond donors (Lipinski definition) is 0. The first kappa shape index (κ1) is 18.8. The maximum Gasteiger partial charge on any atom is 0.266 e. The fraction of sp³-hybridized carbons (Fsp3) is 0.130. The van der Waals surface area contributed by atoms with Gasteiger partial charge in [-0.15, -0.1) is 0 Å². The Bertz CT molecular complexity index is 1200. The Morgan fingerprint density at radius 1 is 0.964 bits per heavy atom. The summed E-state index contributed by atoms with van der Waals surface area (Å²) in [7, 11) is 0. The highest BCUT2D eigenvalue weighted by Crippen LogP contribution is 2.26. The minimum atomic E-state index is -0.0470. The topological polar surface area (TPSA) is 34.9 Å². The second-order valence-electron chi connectivity index (χ2n) is 6.81. The van der Waals surface area contributed by atoms with Gasteiger partial charge in [-0.2, -0.15) is 0 Å². The molecule has 0 aliphatic carbocycles. The van der Waals surface area contributed by atoms with E-state index in [4.69, 9.17) is 16.6 Å². The van der Waals surface area contributed by atoms with Crippen molar-refractivity contribution in [2.75, 3.05) is 0 Å². The summed E-state index contributed by atoms with van der Waals surface area (Å²) in [5.74, 6) is 0.701. The van der Waals surface area contributed by atoms with Gasteiger partial charge in [-0.05, 0) is 66.9 Å². The summed E-state index contributed by atoms with van der Waals surface area (Å²) in [6.45, 7) is 4.08. The summed E-state index contributed by atoms with van der Waals surface area (Å²) >= 11 is 7.54. The summed E-state index contributed by atoms with van der Waals surface area (Å²) in [5, 5.41) is 2.02. The molecule has 0 atom stereocenters. The highest BCUT2D eigenvalue weighted by Gasteiger charge is 2.14. The molecule has 1 heterocycles. The SMILES string of the molecule is Cc1cc(C)cc(-n2c(SCc3ccc(Cl)cc3)nc3ccccc3c2=O)c1. The minimum Gasteiger partial charge on any atom is -0.268 e. The molecule has 3 nitrogen and oxygen atoms in total. The van der Waals surface area contributed by atoms with E-state index >= 15 is 0 Å². The zero-order chi connectivity index (χ0) is 19.7. The normalized spacial score (nSPS) is 11.1. The van der Waals surface area contributed by atoms with Crippen molar-refractivity contribution in [2.24, 2.45) is 0 Å². The van der Waals surface area contributed by atoms with Crippen LogP contribution in [-0.4, -0.2) is 9.55 Å². The van der Waals surface area contributed by atoms with Crippen LogP contribution in [0.2, 0.25) is 5.02 Å². The van der Waals surface area contributed by atoms with Gasteiger partial charge in [-0.3, -0.25) is 9.36 Å². The van der Waals surface area contributed by atoms with Crippen LogP contribution in [0.15, 0.2) is 76.7 Å². The van der Waals surface area contributed by atoms with E-state index in [2.05, 4.69) is 6.07 Å². The smallest absolute Gasteiger partial charge is 0.266 e. The van der Waals surface area contributed by atoms with Gasteiger partial charge < -0.3 is 0 Å². The molecule has 0 radical (unpaired) electrons. The lowest BCUT2D eigenvalue weighted by molar-refractivity contribution is 0.818. The highest BCUT2D eigenvalue weighted by atomic mass is 35.5. The van der Waals surface area contributed by atoms with Crippen LogP contribution in [0.1, 0.15) is 16.7 Å². The number of nitrogens with zero attached hydrogens (tertiary/aromatic N) is 2. The van der Waals surface area contributed by atoms with Crippen molar-refractivity contribution in [2.45, 2.75) is 24.8 Å². The van der Waals surface area contributed by atoms with E-state index in [-0.39, 0.29) is 5.56 Å². The molecule has 0 aliphatic rings. The lowest BCUT2D eigenvalue weighted by Crippen LogP contribution is -2.22. The van der Waals surface area contributed by atoms with Gasteiger partial charge in [0.2, 0.25) is 0 Å². The zero-order valence-corrected chi connectivity index (χ0v) is 17.2. The van der Waals surface area contributed by atoms with Crippen LogP contribution in [0.4, 0.5) is 0 Å². The molecule has 0 unspecified atom stereocenters. The predicted octanol–water partition coefficient (Wildman–Crippen LogP) is 5.95. The van der Waals surface area contributed by atoms with Crippen molar-refractivity contribution < 1.29 is 0 Å². The monoisotopic (exact) mass is 406 g/mol. The lowest BCUT2D eigenvalue weighted by atomic mass is 10.1. The van der Waals surface area contributed by atoms with Crippen molar-refractivity contribution in [3.05, 3.63) is 98.8 Å². The van der Waals surface area contributed by atoms with Crippen LogP contribution >= 0.6 is 23.4 Å². The molecular weight excluding hydrogens is 388 g/mol. The first-order valence-electron chi connectivity index (χ1n) is 8.99. The molecular formula is C23H19ClN2OS. The lowest BCUT2D eigenvalue weighted by Gasteiger charge is -2.14. The molecule has 0 N–H and O–H groups in total. The van der Waals surface area contributed by atoms with Crippen molar-refractivity contribution in [3.63, 3.8) is 0 Å². The van der Waals surface area contributed by atoms with Gasteiger partial charge in [-0.1, -0.05) is 53.7 Å². The molecule has 140 valence electrons. The van der Waals surface area contributed by atoms with Gasteiger partial charge in [0.15, 0.2) is 5.16 Å².